The number of aromatic nitrogens is 3. The number of fused-ring (bicyclic) bond motifs is 1. The molecule has 3 aromatic rings. The number of aryl methyl sites for hydroxylation is 2. The first-order valence-corrected chi connectivity index (χ1v) is 9.15. The molecule has 0 saturated carbocycles. The van der Waals surface area contributed by atoms with Crippen LogP contribution >= 0.6 is 11.3 Å². The maximum absolute atomic E-state index is 6.42. The average molecular weight is 366 g/mol. The molecule has 5 nitrogen and oxygen atoms in total. The van der Waals surface area contributed by atoms with Gasteiger partial charge in [0.1, 0.15) is 9.71 Å². The van der Waals surface area contributed by atoms with Crippen molar-refractivity contribution in [3.8, 4) is 10.8 Å². The van der Waals surface area contributed by atoms with Crippen LogP contribution in [0.3, 0.4) is 0 Å². The highest BCUT2D eigenvalue weighted by Gasteiger charge is 2.21. The largest absolute Gasteiger partial charge is 0.415 e. The van der Waals surface area contributed by atoms with Crippen LogP contribution in [0, 0.1) is 20.8 Å². The molecule has 0 amide bonds. The maximum Gasteiger partial charge on any atom is 0.260 e. The fourth-order valence-corrected chi connectivity index (χ4v) is 3.86. The number of rotatable bonds is 4. The Bertz CT molecular complexity index is 1070. The van der Waals surface area contributed by atoms with E-state index in [1.807, 2.05) is 39.0 Å². The number of allylic oxidation sites excluding steroid dienone is 5. The summed E-state index contributed by atoms with van der Waals surface area (Å²) in [6.07, 6.45) is 5.76. The van der Waals surface area contributed by atoms with Crippen LogP contribution in [0.4, 0.5) is 5.69 Å². The normalized spacial score (nSPS) is 12.4. The molecule has 0 saturated heterocycles. The predicted molar refractivity (Wildman–Crippen MR) is 109 cm³/mol. The summed E-state index contributed by atoms with van der Waals surface area (Å²) in [6.45, 7) is 14.0. The van der Waals surface area contributed by atoms with Crippen molar-refractivity contribution in [1.29, 1.82) is 0 Å². The summed E-state index contributed by atoms with van der Waals surface area (Å²) in [5.74, 6) is 0.835. The molecule has 134 valence electrons. The molecule has 0 spiro atoms. The lowest BCUT2D eigenvalue weighted by atomic mass is 10.1. The Balaban J connectivity index is 2.14. The van der Waals surface area contributed by atoms with E-state index in [9.17, 15) is 0 Å². The smallest absolute Gasteiger partial charge is 0.260 e. The lowest BCUT2D eigenvalue weighted by molar-refractivity contribution is 0.555. The van der Waals surface area contributed by atoms with Gasteiger partial charge >= 0.3 is 0 Å². The van der Waals surface area contributed by atoms with E-state index in [2.05, 4.69) is 35.6 Å². The van der Waals surface area contributed by atoms with Crippen molar-refractivity contribution in [2.45, 2.75) is 34.6 Å². The number of nitrogens with zero attached hydrogens (tertiary/aromatic N) is 3. The molecule has 0 aromatic carbocycles. The number of nitrogens with two attached hydrogens (primary N) is 1. The van der Waals surface area contributed by atoms with Crippen molar-refractivity contribution < 1.29 is 4.42 Å². The van der Waals surface area contributed by atoms with Crippen LogP contribution < -0.4 is 5.73 Å². The van der Waals surface area contributed by atoms with Gasteiger partial charge < -0.3 is 10.2 Å². The second kappa shape index (κ2) is 6.88. The molecule has 0 radical (unpaired) electrons. The first-order chi connectivity index (χ1) is 12.3. The van der Waals surface area contributed by atoms with E-state index in [1.165, 1.54) is 11.3 Å². The molecule has 0 fully saturated rings. The zero-order valence-electron chi connectivity index (χ0n) is 15.7. The Morgan fingerprint density at radius 3 is 2.58 bits per heavy atom. The molecule has 3 rings (SSSR count). The summed E-state index contributed by atoms with van der Waals surface area (Å²) in [5, 5.41) is 9.37. The van der Waals surface area contributed by atoms with E-state index < -0.39 is 0 Å². The topological polar surface area (TPSA) is 77.8 Å². The van der Waals surface area contributed by atoms with Gasteiger partial charge in [-0.15, -0.1) is 21.5 Å². The van der Waals surface area contributed by atoms with Crippen LogP contribution in [-0.2, 0) is 0 Å². The van der Waals surface area contributed by atoms with Gasteiger partial charge in [-0.3, -0.25) is 0 Å². The minimum absolute atomic E-state index is 0.405. The molecular formula is C20H22N4OS. The van der Waals surface area contributed by atoms with Gasteiger partial charge in [0, 0.05) is 16.7 Å². The molecule has 0 bridgehead atoms. The minimum atomic E-state index is 0.405. The highest BCUT2D eigenvalue weighted by atomic mass is 32.1. The van der Waals surface area contributed by atoms with Gasteiger partial charge in [-0.05, 0) is 57.4 Å². The molecule has 0 aliphatic heterocycles. The molecular weight excluding hydrogens is 344 g/mol. The van der Waals surface area contributed by atoms with E-state index in [1.54, 1.807) is 0 Å². The van der Waals surface area contributed by atoms with Crippen molar-refractivity contribution in [1.82, 2.24) is 15.2 Å². The Hall–Kier alpha value is -2.73. The van der Waals surface area contributed by atoms with Crippen molar-refractivity contribution in [3.05, 3.63) is 53.1 Å². The van der Waals surface area contributed by atoms with Crippen LogP contribution in [0.2, 0.25) is 0 Å². The molecule has 0 atom stereocenters. The lowest BCUT2D eigenvalue weighted by Gasteiger charge is -2.05. The lowest BCUT2D eigenvalue weighted by Crippen LogP contribution is -1.93. The molecule has 0 aliphatic carbocycles. The van der Waals surface area contributed by atoms with Crippen molar-refractivity contribution >= 4 is 32.8 Å². The SMILES string of the molecule is C=C(C)/C(=C\C=C/C)c1nnc(-c2sc3nc(C)c(C)c(C)c3c2N)o1. The summed E-state index contributed by atoms with van der Waals surface area (Å²) in [5.41, 5.74) is 12.0. The van der Waals surface area contributed by atoms with Gasteiger partial charge in [0.25, 0.3) is 5.89 Å². The third-order valence-electron chi connectivity index (χ3n) is 4.44. The number of thiophene rings is 1. The fraction of sp³-hybridized carbons (Fsp3) is 0.250. The van der Waals surface area contributed by atoms with Gasteiger partial charge in [-0.1, -0.05) is 18.7 Å². The third kappa shape index (κ3) is 2.97. The van der Waals surface area contributed by atoms with Crippen LogP contribution in [0.25, 0.3) is 26.6 Å². The van der Waals surface area contributed by atoms with E-state index in [0.29, 0.717) is 17.5 Å². The zero-order chi connectivity index (χ0) is 19.0. The van der Waals surface area contributed by atoms with Crippen molar-refractivity contribution in [2.24, 2.45) is 0 Å². The van der Waals surface area contributed by atoms with Crippen molar-refractivity contribution in [3.63, 3.8) is 0 Å². The summed E-state index contributed by atoms with van der Waals surface area (Å²) < 4.78 is 5.92. The second-order valence-corrected chi connectivity index (χ2v) is 7.27. The third-order valence-corrected chi connectivity index (χ3v) is 5.53. The monoisotopic (exact) mass is 366 g/mol. The van der Waals surface area contributed by atoms with Crippen molar-refractivity contribution in [2.75, 3.05) is 5.73 Å². The minimum Gasteiger partial charge on any atom is -0.415 e. The van der Waals surface area contributed by atoms with Gasteiger partial charge in [0.05, 0.1) is 5.69 Å². The number of anilines is 1. The van der Waals surface area contributed by atoms with E-state index in [-0.39, 0.29) is 0 Å². The van der Waals surface area contributed by atoms with E-state index in [0.717, 1.165) is 43.1 Å². The quantitative estimate of drug-likeness (QED) is 0.626. The summed E-state index contributed by atoms with van der Waals surface area (Å²) in [7, 11) is 0. The molecule has 0 aliphatic rings. The Morgan fingerprint density at radius 1 is 1.19 bits per heavy atom. The number of pyridine rings is 1. The zero-order valence-corrected chi connectivity index (χ0v) is 16.5. The fourth-order valence-electron chi connectivity index (χ4n) is 2.74. The summed E-state index contributed by atoms with van der Waals surface area (Å²) >= 11 is 1.48. The molecule has 3 aromatic heterocycles. The van der Waals surface area contributed by atoms with Gasteiger partial charge in [0.15, 0.2) is 0 Å². The molecule has 6 heteroatoms. The highest BCUT2D eigenvalue weighted by molar-refractivity contribution is 7.22. The summed E-state index contributed by atoms with van der Waals surface area (Å²) in [6, 6.07) is 0. The number of hydrogen-bond donors (Lipinski definition) is 1. The average Bonchev–Trinajstić information content (AvgIpc) is 3.18. The first kappa shape index (κ1) is 18.1. The first-order valence-electron chi connectivity index (χ1n) is 8.34. The van der Waals surface area contributed by atoms with Crippen LogP contribution in [0.15, 0.2) is 34.8 Å². The van der Waals surface area contributed by atoms with Gasteiger partial charge in [-0.2, -0.15) is 0 Å². The van der Waals surface area contributed by atoms with E-state index >= 15 is 0 Å². The Labute approximate surface area is 157 Å². The Morgan fingerprint density at radius 2 is 1.92 bits per heavy atom. The molecule has 26 heavy (non-hydrogen) atoms. The van der Waals surface area contributed by atoms with E-state index in [4.69, 9.17) is 10.2 Å². The highest BCUT2D eigenvalue weighted by Crippen LogP contribution is 2.42. The Kier molecular flexibility index (Phi) is 4.78. The maximum atomic E-state index is 6.42. The predicted octanol–water partition coefficient (Wildman–Crippen LogP) is 5.39. The van der Waals surface area contributed by atoms with Crippen LogP contribution in [0.1, 0.15) is 36.6 Å². The van der Waals surface area contributed by atoms with Gasteiger partial charge in [0.2, 0.25) is 5.89 Å². The molecule has 2 N–H and O–H groups in total. The number of nitrogen functional groups attached to an aromatic ring is 1. The van der Waals surface area contributed by atoms with Gasteiger partial charge in [-0.25, -0.2) is 4.98 Å². The summed E-state index contributed by atoms with van der Waals surface area (Å²) in [4.78, 5) is 6.31. The van der Waals surface area contributed by atoms with Crippen LogP contribution in [0.5, 0.6) is 0 Å². The number of hydrogen-bond acceptors (Lipinski definition) is 6. The standard InChI is InChI=1S/C20H22N4OS/c1-7-8-9-14(10(2)3)18-23-24-19(25-18)17-16(21)15-12(5)11(4)13(6)22-20(15)26-17/h7-9H,2,21H2,1,3-6H3/b8-7-,14-9+. The molecule has 0 unspecified atom stereocenters. The molecule has 3 heterocycles. The second-order valence-electron chi connectivity index (χ2n) is 6.27. The van der Waals surface area contributed by atoms with Crippen LogP contribution in [-0.4, -0.2) is 15.2 Å².